The molecule has 80 valence electrons. The Bertz CT molecular complexity index is 224. The first kappa shape index (κ1) is 18.0. The van der Waals surface area contributed by atoms with Gasteiger partial charge in [-0.15, -0.1) is 0 Å². The summed E-state index contributed by atoms with van der Waals surface area (Å²) in [4.78, 5) is 17.9. The summed E-state index contributed by atoms with van der Waals surface area (Å²) in [5, 5.41) is 0. The minimum atomic E-state index is -4.07. The van der Waals surface area contributed by atoms with Crippen molar-refractivity contribution in [1.29, 1.82) is 0 Å². The van der Waals surface area contributed by atoms with Crippen LogP contribution in [0, 0.1) is 0 Å². The molecule has 0 bridgehead atoms. The molecule has 2 unspecified atom stereocenters. The molecule has 0 aliphatic heterocycles. The van der Waals surface area contributed by atoms with Gasteiger partial charge in [0.2, 0.25) is 0 Å². The van der Waals surface area contributed by atoms with E-state index in [0.29, 0.717) is 0 Å². The molecule has 0 saturated carbocycles. The summed E-state index contributed by atoms with van der Waals surface area (Å²) in [6, 6.07) is 0. The van der Waals surface area contributed by atoms with Gasteiger partial charge in [0.1, 0.15) is 0 Å². The minimum Gasteiger partial charge on any atom is -0.316 e. The average Bonchev–Trinajstić information content (AvgIpc) is 1.82. The molecule has 0 spiro atoms. The van der Waals surface area contributed by atoms with Crippen LogP contribution in [0.5, 0.6) is 0 Å². The van der Waals surface area contributed by atoms with Crippen LogP contribution in [0.25, 0.3) is 0 Å². The average molecular weight is 273 g/mol. The zero-order valence-electron chi connectivity index (χ0n) is 8.24. The molecule has 0 fully saturated rings. The summed E-state index contributed by atoms with van der Waals surface area (Å²) in [7, 11) is 0. The van der Waals surface area contributed by atoms with Crippen molar-refractivity contribution in [2.45, 2.75) is 13.8 Å². The molecule has 0 heterocycles. The molecule has 2 N–H and O–H groups in total. The fraction of sp³-hybridized carbons (Fsp3) is 1.00. The van der Waals surface area contributed by atoms with Crippen molar-refractivity contribution < 1.29 is 57.5 Å². The topological polar surface area (TPSA) is 93.1 Å². The van der Waals surface area contributed by atoms with E-state index < -0.39 is 13.6 Å². The van der Waals surface area contributed by atoms with Crippen molar-refractivity contribution in [3.63, 3.8) is 0 Å². The largest absolute Gasteiger partial charge is 1.00 e. The Morgan fingerprint density at radius 2 is 1.36 bits per heavy atom. The Morgan fingerprint density at radius 3 is 1.57 bits per heavy atom. The molecule has 0 radical (unpaired) electrons. The van der Waals surface area contributed by atoms with Crippen molar-refractivity contribution in [1.82, 2.24) is 0 Å². The normalized spacial score (nSPS) is 19.1. The van der Waals surface area contributed by atoms with Gasteiger partial charge in [-0.25, -0.2) is 9.13 Å². The van der Waals surface area contributed by atoms with Crippen molar-refractivity contribution in [3.05, 3.63) is 0 Å². The Hall–Kier alpha value is 1.65. The second kappa shape index (κ2) is 7.85. The number of rotatable bonds is 6. The molecule has 0 aromatic rings. The molecule has 0 aliphatic carbocycles. The molecule has 0 rings (SSSR count). The zero-order chi connectivity index (χ0) is 10.5. The van der Waals surface area contributed by atoms with Crippen LogP contribution >= 0.6 is 24.6 Å². The first-order valence-corrected chi connectivity index (χ1v) is 8.67. The first-order chi connectivity index (χ1) is 5.83. The third-order valence-electron chi connectivity index (χ3n) is 0.791. The van der Waals surface area contributed by atoms with Gasteiger partial charge >= 0.3 is 43.2 Å². The molecule has 0 saturated heterocycles. The molecule has 6 nitrogen and oxygen atoms in total. The van der Waals surface area contributed by atoms with Gasteiger partial charge < -0.3 is 18.8 Å². The van der Waals surface area contributed by atoms with Gasteiger partial charge in [-0.3, -0.25) is 0 Å². The van der Waals surface area contributed by atoms with E-state index in [1.807, 2.05) is 0 Å². The van der Waals surface area contributed by atoms with Crippen molar-refractivity contribution in [2.75, 3.05) is 13.2 Å². The van der Waals surface area contributed by atoms with Crippen LogP contribution in [-0.4, -0.2) is 23.0 Å². The molecule has 10 heteroatoms. The molecule has 14 heavy (non-hydrogen) atoms. The summed E-state index contributed by atoms with van der Waals surface area (Å²) in [5.41, 5.74) is 0. The van der Waals surface area contributed by atoms with Crippen LogP contribution in [-0.2, 0) is 18.2 Å². The van der Waals surface area contributed by atoms with Crippen molar-refractivity contribution in [2.24, 2.45) is 0 Å². The van der Waals surface area contributed by atoms with Crippen LogP contribution in [0.15, 0.2) is 0 Å². The van der Waals surface area contributed by atoms with E-state index in [-0.39, 0.29) is 53.8 Å². The molecule has 0 amide bonds. The SMILES string of the molecule is CCOP(=O)(O)SP(=O)(O)OCC.[Na+]. The predicted octanol–water partition coefficient (Wildman–Crippen LogP) is -1.00. The number of hydrogen-bond acceptors (Lipinski definition) is 5. The summed E-state index contributed by atoms with van der Waals surface area (Å²) in [6.07, 6.45) is 0. The van der Waals surface area contributed by atoms with Crippen LogP contribution in [0.1, 0.15) is 13.8 Å². The summed E-state index contributed by atoms with van der Waals surface area (Å²) in [5.74, 6) is 0. The van der Waals surface area contributed by atoms with E-state index in [1.165, 1.54) is 13.8 Å². The summed E-state index contributed by atoms with van der Waals surface area (Å²) < 4.78 is 30.7. The third-order valence-corrected chi connectivity index (χ3v) is 7.96. The molecular weight excluding hydrogens is 261 g/mol. The van der Waals surface area contributed by atoms with Crippen molar-refractivity contribution in [3.8, 4) is 0 Å². The van der Waals surface area contributed by atoms with Crippen LogP contribution in [0.4, 0.5) is 0 Å². The van der Waals surface area contributed by atoms with E-state index in [9.17, 15) is 9.13 Å². The van der Waals surface area contributed by atoms with Crippen LogP contribution in [0.3, 0.4) is 0 Å². The molecule has 2 atom stereocenters. The predicted molar refractivity (Wildman–Crippen MR) is 50.5 cm³/mol. The van der Waals surface area contributed by atoms with Gasteiger partial charge in [0.05, 0.1) is 24.2 Å². The molecule has 0 aromatic heterocycles. The minimum absolute atomic E-state index is 0. The fourth-order valence-electron chi connectivity index (χ4n) is 0.504. The Labute approximate surface area is 109 Å². The van der Waals surface area contributed by atoms with E-state index in [2.05, 4.69) is 9.05 Å². The monoisotopic (exact) mass is 273 g/mol. The molecular formula is C4H12NaO6P2S+. The van der Waals surface area contributed by atoms with Gasteiger partial charge in [0.15, 0.2) is 0 Å². The Balaban J connectivity index is 0. The van der Waals surface area contributed by atoms with E-state index in [0.717, 1.165) is 0 Å². The summed E-state index contributed by atoms with van der Waals surface area (Å²) >= 11 is -0.0689. The first-order valence-electron chi connectivity index (χ1n) is 3.49. The van der Waals surface area contributed by atoms with Gasteiger partial charge in [0, 0.05) is 0 Å². The molecule has 0 aliphatic rings. The van der Waals surface area contributed by atoms with Crippen molar-refractivity contribution >= 4 is 24.6 Å². The summed E-state index contributed by atoms with van der Waals surface area (Å²) in [6.45, 7) is -5.13. The molecule has 0 aromatic carbocycles. The Kier molecular flexibility index (Phi) is 10.1. The van der Waals surface area contributed by atoms with Gasteiger partial charge in [-0.05, 0) is 13.8 Å². The van der Waals surface area contributed by atoms with Gasteiger partial charge in [-0.2, -0.15) is 0 Å². The number of hydrogen-bond donors (Lipinski definition) is 2. The van der Waals surface area contributed by atoms with E-state index in [1.54, 1.807) is 0 Å². The maximum absolute atomic E-state index is 11.0. The Morgan fingerprint density at radius 1 is 1.07 bits per heavy atom. The van der Waals surface area contributed by atoms with E-state index in [4.69, 9.17) is 9.79 Å². The van der Waals surface area contributed by atoms with Gasteiger partial charge in [0.25, 0.3) is 0 Å². The maximum atomic E-state index is 11.0. The fourth-order valence-corrected chi connectivity index (χ4v) is 6.40. The zero-order valence-corrected chi connectivity index (χ0v) is 12.8. The third kappa shape index (κ3) is 8.92. The van der Waals surface area contributed by atoms with Crippen LogP contribution in [0.2, 0.25) is 0 Å². The van der Waals surface area contributed by atoms with E-state index >= 15 is 0 Å². The second-order valence-electron chi connectivity index (χ2n) is 1.85. The quantitative estimate of drug-likeness (QED) is 0.473. The standard InChI is InChI=1S/C4H12O6P2S.Na/c1-3-9-11(5,6)13-12(7,8)10-4-2;/h3-4H2,1-2H3,(H,5,6)(H,7,8);/q;+1. The maximum Gasteiger partial charge on any atom is 1.00 e. The van der Waals surface area contributed by atoms with Crippen LogP contribution < -0.4 is 29.6 Å². The smallest absolute Gasteiger partial charge is 0.316 e. The van der Waals surface area contributed by atoms with Gasteiger partial charge in [-0.1, -0.05) is 0 Å². The second-order valence-corrected chi connectivity index (χ2v) is 9.14.